The molecule has 0 bridgehead atoms. The maximum atomic E-state index is 5.55. The second-order valence-corrected chi connectivity index (χ2v) is 4.72. The van der Waals surface area contributed by atoms with Crippen molar-refractivity contribution in [2.75, 3.05) is 18.5 Å². The van der Waals surface area contributed by atoms with Gasteiger partial charge in [0.25, 0.3) is 5.89 Å². The first-order chi connectivity index (χ1) is 10.9. The molecule has 0 saturated heterocycles. The van der Waals surface area contributed by atoms with E-state index in [9.17, 15) is 0 Å². The highest BCUT2D eigenvalue weighted by atomic mass is 16.6. The van der Waals surface area contributed by atoms with Gasteiger partial charge in [-0.2, -0.15) is 0 Å². The fourth-order valence-electron chi connectivity index (χ4n) is 2.17. The first-order valence-corrected chi connectivity index (χ1v) is 6.88. The number of nitrogens with one attached hydrogen (secondary N) is 1. The van der Waals surface area contributed by atoms with E-state index in [2.05, 4.69) is 15.5 Å². The molecule has 0 spiro atoms. The maximum Gasteiger partial charge on any atom is 0.316 e. The van der Waals surface area contributed by atoms with Crippen LogP contribution in [0.1, 0.15) is 5.56 Å². The smallest absolute Gasteiger partial charge is 0.316 e. The summed E-state index contributed by atoms with van der Waals surface area (Å²) in [5.74, 6) is 2.41. The molecule has 0 fully saturated rings. The van der Waals surface area contributed by atoms with Crippen molar-refractivity contribution in [3.63, 3.8) is 0 Å². The Kier molecular flexibility index (Phi) is 3.15. The van der Waals surface area contributed by atoms with Gasteiger partial charge in [-0.3, -0.25) is 0 Å². The van der Waals surface area contributed by atoms with Crippen LogP contribution in [-0.4, -0.2) is 23.4 Å². The van der Waals surface area contributed by atoms with Gasteiger partial charge in [-0.15, -0.1) is 5.10 Å². The number of aromatic nitrogens is 2. The quantitative estimate of drug-likeness (QED) is 0.793. The van der Waals surface area contributed by atoms with Crippen LogP contribution in [0.2, 0.25) is 0 Å². The van der Waals surface area contributed by atoms with E-state index in [0.29, 0.717) is 37.4 Å². The molecule has 0 saturated carbocycles. The van der Waals surface area contributed by atoms with Gasteiger partial charge in [-0.1, -0.05) is 11.2 Å². The molecule has 3 aromatic rings. The minimum absolute atomic E-state index is 0.335. The molecule has 1 N–H and O–H groups in total. The third-order valence-electron chi connectivity index (χ3n) is 3.21. The molecule has 3 heterocycles. The van der Waals surface area contributed by atoms with Gasteiger partial charge in [0.2, 0.25) is 0 Å². The number of fused-ring (bicyclic) bond motifs is 1. The summed E-state index contributed by atoms with van der Waals surface area (Å²) in [6.07, 6.45) is 1.56. The van der Waals surface area contributed by atoms with E-state index in [1.54, 1.807) is 18.4 Å². The third-order valence-corrected chi connectivity index (χ3v) is 3.21. The Morgan fingerprint density at radius 1 is 1.05 bits per heavy atom. The van der Waals surface area contributed by atoms with Gasteiger partial charge < -0.3 is 23.6 Å². The highest BCUT2D eigenvalue weighted by Gasteiger charge is 2.13. The Balaban J connectivity index is 1.44. The molecule has 2 aromatic heterocycles. The normalized spacial score (nSPS) is 13.1. The van der Waals surface area contributed by atoms with E-state index in [4.69, 9.17) is 18.3 Å². The SMILES string of the molecule is c1coc(-c2nnc(NCc3ccc4c(c3)OCCO4)o2)c1. The third kappa shape index (κ3) is 2.48. The van der Waals surface area contributed by atoms with Gasteiger partial charge in [0.1, 0.15) is 13.2 Å². The van der Waals surface area contributed by atoms with E-state index in [1.807, 2.05) is 18.2 Å². The lowest BCUT2D eigenvalue weighted by molar-refractivity contribution is 0.171. The molecule has 4 rings (SSSR count). The largest absolute Gasteiger partial charge is 0.486 e. The molecular weight excluding hydrogens is 286 g/mol. The Labute approximate surface area is 125 Å². The van der Waals surface area contributed by atoms with Crippen LogP contribution in [0.5, 0.6) is 11.5 Å². The average molecular weight is 299 g/mol. The summed E-state index contributed by atoms with van der Waals surface area (Å²) in [7, 11) is 0. The molecule has 0 atom stereocenters. The number of ether oxygens (including phenoxy) is 2. The summed E-state index contributed by atoms with van der Waals surface area (Å²) in [4.78, 5) is 0. The predicted molar refractivity (Wildman–Crippen MR) is 76.8 cm³/mol. The number of hydrogen-bond donors (Lipinski definition) is 1. The van der Waals surface area contributed by atoms with Gasteiger partial charge in [0, 0.05) is 6.54 Å². The number of anilines is 1. The Morgan fingerprint density at radius 3 is 2.82 bits per heavy atom. The second kappa shape index (κ2) is 5.44. The molecule has 112 valence electrons. The van der Waals surface area contributed by atoms with Crippen molar-refractivity contribution in [1.82, 2.24) is 10.2 Å². The molecule has 0 unspecified atom stereocenters. The molecule has 0 aliphatic carbocycles. The lowest BCUT2D eigenvalue weighted by Crippen LogP contribution is -2.15. The van der Waals surface area contributed by atoms with Crippen molar-refractivity contribution in [2.45, 2.75) is 6.54 Å². The molecule has 7 nitrogen and oxygen atoms in total. The summed E-state index contributed by atoms with van der Waals surface area (Å²) in [5, 5.41) is 10.9. The molecule has 1 aliphatic heterocycles. The van der Waals surface area contributed by atoms with Gasteiger partial charge in [0.15, 0.2) is 17.3 Å². The summed E-state index contributed by atoms with van der Waals surface area (Å²) in [6.45, 7) is 1.69. The van der Waals surface area contributed by atoms with Gasteiger partial charge in [-0.05, 0) is 29.8 Å². The van der Waals surface area contributed by atoms with Crippen LogP contribution in [0.3, 0.4) is 0 Å². The van der Waals surface area contributed by atoms with E-state index < -0.39 is 0 Å². The molecule has 1 aromatic carbocycles. The van der Waals surface area contributed by atoms with Crippen LogP contribution in [0.25, 0.3) is 11.7 Å². The van der Waals surface area contributed by atoms with Crippen molar-refractivity contribution >= 4 is 6.01 Å². The summed E-state index contributed by atoms with van der Waals surface area (Å²) >= 11 is 0. The van der Waals surface area contributed by atoms with Crippen molar-refractivity contribution in [3.05, 3.63) is 42.2 Å². The van der Waals surface area contributed by atoms with Crippen LogP contribution in [0.15, 0.2) is 45.4 Å². The summed E-state index contributed by atoms with van der Waals surface area (Å²) < 4.78 is 21.7. The molecule has 0 amide bonds. The summed E-state index contributed by atoms with van der Waals surface area (Å²) in [6, 6.07) is 9.66. The number of hydrogen-bond acceptors (Lipinski definition) is 7. The van der Waals surface area contributed by atoms with Crippen LogP contribution in [0, 0.1) is 0 Å². The molecule has 7 heteroatoms. The molecule has 1 aliphatic rings. The van der Waals surface area contributed by atoms with Gasteiger partial charge in [0.05, 0.1) is 6.26 Å². The first kappa shape index (κ1) is 12.8. The van der Waals surface area contributed by atoms with E-state index in [-0.39, 0.29) is 0 Å². The monoisotopic (exact) mass is 299 g/mol. The van der Waals surface area contributed by atoms with Crippen LogP contribution < -0.4 is 14.8 Å². The number of nitrogens with zero attached hydrogens (tertiary/aromatic N) is 2. The number of benzene rings is 1. The number of furan rings is 1. The fraction of sp³-hybridized carbons (Fsp3) is 0.200. The zero-order valence-electron chi connectivity index (χ0n) is 11.6. The van der Waals surface area contributed by atoms with E-state index in [0.717, 1.165) is 17.1 Å². The minimum Gasteiger partial charge on any atom is -0.486 e. The Hall–Kier alpha value is -2.96. The highest BCUT2D eigenvalue weighted by Crippen LogP contribution is 2.31. The standard InChI is InChI=1S/C15H13N3O4/c1-2-12(19-5-1)14-17-18-15(22-14)16-9-10-3-4-11-13(8-10)21-7-6-20-11/h1-5,8H,6-7,9H2,(H,16,18). The van der Waals surface area contributed by atoms with Gasteiger partial charge >= 0.3 is 6.01 Å². The van der Waals surface area contributed by atoms with E-state index >= 15 is 0 Å². The minimum atomic E-state index is 0.335. The lowest BCUT2D eigenvalue weighted by atomic mass is 10.2. The second-order valence-electron chi connectivity index (χ2n) is 4.72. The van der Waals surface area contributed by atoms with Crippen molar-refractivity contribution in [2.24, 2.45) is 0 Å². The Morgan fingerprint density at radius 2 is 1.95 bits per heavy atom. The topological polar surface area (TPSA) is 82.6 Å². The lowest BCUT2D eigenvalue weighted by Gasteiger charge is -2.18. The summed E-state index contributed by atoms with van der Waals surface area (Å²) in [5.41, 5.74) is 1.03. The predicted octanol–water partition coefficient (Wildman–Crippen LogP) is 2.71. The average Bonchev–Trinajstić information content (AvgIpc) is 3.24. The maximum absolute atomic E-state index is 5.55. The van der Waals surface area contributed by atoms with Crippen molar-refractivity contribution in [3.8, 4) is 23.1 Å². The number of rotatable bonds is 4. The highest BCUT2D eigenvalue weighted by molar-refractivity contribution is 5.46. The van der Waals surface area contributed by atoms with E-state index in [1.165, 1.54) is 0 Å². The Bertz CT molecular complexity index is 767. The van der Waals surface area contributed by atoms with Gasteiger partial charge in [-0.25, -0.2) is 0 Å². The molecule has 22 heavy (non-hydrogen) atoms. The fourth-order valence-corrected chi connectivity index (χ4v) is 2.17. The van der Waals surface area contributed by atoms with Crippen molar-refractivity contribution in [1.29, 1.82) is 0 Å². The zero-order valence-corrected chi connectivity index (χ0v) is 11.6. The van der Waals surface area contributed by atoms with Crippen molar-refractivity contribution < 1.29 is 18.3 Å². The molecule has 0 radical (unpaired) electrons. The first-order valence-electron chi connectivity index (χ1n) is 6.88. The van der Waals surface area contributed by atoms with Crippen LogP contribution >= 0.6 is 0 Å². The molecular formula is C15H13N3O4. The van der Waals surface area contributed by atoms with Crippen LogP contribution in [0.4, 0.5) is 6.01 Å². The zero-order chi connectivity index (χ0) is 14.8. The van der Waals surface area contributed by atoms with Crippen LogP contribution in [-0.2, 0) is 6.54 Å².